The number of carbonyl (C=O) groups is 2. The molecule has 0 aliphatic carbocycles. The Kier molecular flexibility index (Phi) is 5.99. The standard InChI is InChI=1S/C18H22N2O6/c1-5-24-16(22)13-14-12(9-11(10-19-14)7-6-8-21)25-15(13)20-17(23)26-18(2,3)4/h6-7,9-10,21H,5,8H2,1-4H3,(H,20,23)/b7-6+. The van der Waals surface area contributed by atoms with E-state index in [2.05, 4.69) is 10.3 Å². The van der Waals surface area contributed by atoms with Gasteiger partial charge in [-0.15, -0.1) is 0 Å². The molecule has 0 spiro atoms. The first-order valence-electron chi connectivity index (χ1n) is 8.12. The number of pyridine rings is 1. The number of aromatic nitrogens is 1. The second-order valence-corrected chi connectivity index (χ2v) is 6.35. The third-order valence-corrected chi connectivity index (χ3v) is 3.06. The highest BCUT2D eigenvalue weighted by atomic mass is 16.6. The molecule has 2 rings (SSSR count). The quantitative estimate of drug-likeness (QED) is 0.785. The molecule has 8 heteroatoms. The van der Waals surface area contributed by atoms with Crippen molar-refractivity contribution in [3.63, 3.8) is 0 Å². The third kappa shape index (κ3) is 4.82. The van der Waals surface area contributed by atoms with Gasteiger partial charge in [0.1, 0.15) is 16.7 Å². The number of aliphatic hydroxyl groups is 1. The molecular formula is C18H22N2O6. The lowest BCUT2D eigenvalue weighted by atomic mass is 10.2. The van der Waals surface area contributed by atoms with Crippen molar-refractivity contribution in [3.05, 3.63) is 29.5 Å². The van der Waals surface area contributed by atoms with Gasteiger partial charge < -0.3 is 19.0 Å². The monoisotopic (exact) mass is 362 g/mol. The minimum absolute atomic E-state index is 0.0189. The molecule has 26 heavy (non-hydrogen) atoms. The van der Waals surface area contributed by atoms with Crippen molar-refractivity contribution in [1.29, 1.82) is 0 Å². The number of rotatable bonds is 5. The smallest absolute Gasteiger partial charge is 0.414 e. The topological polar surface area (TPSA) is 111 Å². The van der Waals surface area contributed by atoms with Gasteiger partial charge in [-0.25, -0.2) is 9.59 Å². The van der Waals surface area contributed by atoms with E-state index in [9.17, 15) is 9.59 Å². The van der Waals surface area contributed by atoms with E-state index in [1.807, 2.05) is 0 Å². The summed E-state index contributed by atoms with van der Waals surface area (Å²) in [6, 6.07) is 1.64. The summed E-state index contributed by atoms with van der Waals surface area (Å²) in [6.07, 6.45) is 3.95. The van der Waals surface area contributed by atoms with Crippen molar-refractivity contribution in [3.8, 4) is 0 Å². The van der Waals surface area contributed by atoms with E-state index in [4.69, 9.17) is 19.0 Å². The maximum absolute atomic E-state index is 12.3. The number of anilines is 1. The minimum atomic E-state index is -0.762. The van der Waals surface area contributed by atoms with E-state index in [1.165, 1.54) is 12.3 Å². The normalized spacial score (nSPS) is 11.7. The molecule has 0 radical (unpaired) electrons. The molecule has 2 aromatic heterocycles. The van der Waals surface area contributed by atoms with Crippen LogP contribution in [0.1, 0.15) is 43.6 Å². The highest BCUT2D eigenvalue weighted by molar-refractivity contribution is 6.08. The number of amides is 1. The molecule has 0 aliphatic rings. The number of ether oxygens (including phenoxy) is 2. The zero-order valence-corrected chi connectivity index (χ0v) is 15.2. The summed E-state index contributed by atoms with van der Waals surface area (Å²) in [6.45, 7) is 6.88. The number of hydrogen-bond donors (Lipinski definition) is 2. The molecule has 140 valence electrons. The van der Waals surface area contributed by atoms with Crippen LogP contribution in [0, 0.1) is 0 Å². The number of nitrogens with one attached hydrogen (secondary N) is 1. The molecule has 0 atom stereocenters. The molecule has 2 aromatic rings. The molecule has 0 bridgehead atoms. The first-order valence-corrected chi connectivity index (χ1v) is 8.12. The van der Waals surface area contributed by atoms with Gasteiger partial charge in [0.05, 0.1) is 13.2 Å². The van der Waals surface area contributed by atoms with Crippen molar-refractivity contribution < 1.29 is 28.6 Å². The lowest BCUT2D eigenvalue weighted by Gasteiger charge is -2.19. The van der Waals surface area contributed by atoms with E-state index < -0.39 is 17.7 Å². The molecule has 0 aromatic carbocycles. The van der Waals surface area contributed by atoms with Crippen LogP contribution < -0.4 is 5.32 Å². The Morgan fingerprint density at radius 3 is 2.73 bits per heavy atom. The average molecular weight is 362 g/mol. The van der Waals surface area contributed by atoms with Crippen molar-refractivity contribution in [2.75, 3.05) is 18.5 Å². The van der Waals surface area contributed by atoms with Gasteiger partial charge in [0.25, 0.3) is 0 Å². The van der Waals surface area contributed by atoms with E-state index in [-0.39, 0.29) is 30.2 Å². The Balaban J connectivity index is 2.45. The zero-order chi connectivity index (χ0) is 19.3. The lowest BCUT2D eigenvalue weighted by Crippen LogP contribution is -2.27. The van der Waals surface area contributed by atoms with Crippen LogP contribution in [0.2, 0.25) is 0 Å². The van der Waals surface area contributed by atoms with Crippen LogP contribution in [0.5, 0.6) is 0 Å². The minimum Gasteiger partial charge on any atom is -0.462 e. The number of aliphatic hydroxyl groups excluding tert-OH is 1. The van der Waals surface area contributed by atoms with Crippen LogP contribution in [-0.4, -0.2) is 41.0 Å². The first-order chi connectivity index (χ1) is 12.2. The van der Waals surface area contributed by atoms with Gasteiger partial charge >= 0.3 is 12.1 Å². The number of hydrogen-bond acceptors (Lipinski definition) is 7. The fourth-order valence-corrected chi connectivity index (χ4v) is 2.15. The average Bonchev–Trinajstić information content (AvgIpc) is 2.88. The summed E-state index contributed by atoms with van der Waals surface area (Å²) < 4.78 is 15.8. The van der Waals surface area contributed by atoms with Gasteiger partial charge in [-0.3, -0.25) is 10.3 Å². The van der Waals surface area contributed by atoms with Crippen LogP contribution in [0.4, 0.5) is 10.7 Å². The van der Waals surface area contributed by atoms with Gasteiger partial charge in [-0.2, -0.15) is 0 Å². The van der Waals surface area contributed by atoms with Crippen molar-refractivity contribution in [2.45, 2.75) is 33.3 Å². The van der Waals surface area contributed by atoms with Crippen LogP contribution in [0.15, 0.2) is 22.8 Å². The summed E-state index contributed by atoms with van der Waals surface area (Å²) in [5.41, 5.74) is 0.528. The summed E-state index contributed by atoms with van der Waals surface area (Å²) >= 11 is 0. The molecule has 0 aliphatic heterocycles. The van der Waals surface area contributed by atoms with Crippen molar-refractivity contribution >= 4 is 35.1 Å². The third-order valence-electron chi connectivity index (χ3n) is 3.06. The summed E-state index contributed by atoms with van der Waals surface area (Å²) in [7, 11) is 0. The fourth-order valence-electron chi connectivity index (χ4n) is 2.15. The summed E-state index contributed by atoms with van der Waals surface area (Å²) in [4.78, 5) is 28.6. The number of carbonyl (C=O) groups excluding carboxylic acids is 2. The molecule has 0 unspecified atom stereocenters. The van der Waals surface area contributed by atoms with E-state index in [1.54, 1.807) is 39.8 Å². The van der Waals surface area contributed by atoms with Crippen LogP contribution in [0.25, 0.3) is 17.2 Å². The second-order valence-electron chi connectivity index (χ2n) is 6.35. The van der Waals surface area contributed by atoms with E-state index in [0.717, 1.165) is 0 Å². The Morgan fingerprint density at radius 2 is 2.12 bits per heavy atom. The molecule has 0 saturated carbocycles. The Hall–Kier alpha value is -2.87. The van der Waals surface area contributed by atoms with Gasteiger partial charge in [-0.05, 0) is 39.3 Å². The Bertz CT molecular complexity index is 832. The number of nitrogens with zero attached hydrogens (tertiary/aromatic N) is 1. The van der Waals surface area contributed by atoms with Crippen LogP contribution >= 0.6 is 0 Å². The number of fused-ring (bicyclic) bond motifs is 1. The maximum atomic E-state index is 12.3. The van der Waals surface area contributed by atoms with Gasteiger partial charge in [-0.1, -0.05) is 12.2 Å². The van der Waals surface area contributed by atoms with Crippen molar-refractivity contribution in [2.24, 2.45) is 0 Å². The van der Waals surface area contributed by atoms with Crippen molar-refractivity contribution in [1.82, 2.24) is 4.98 Å². The fraction of sp³-hybridized carbons (Fsp3) is 0.389. The largest absolute Gasteiger partial charge is 0.462 e. The first kappa shape index (κ1) is 19.5. The second kappa shape index (κ2) is 8.01. The molecule has 0 fully saturated rings. The Morgan fingerprint density at radius 1 is 1.38 bits per heavy atom. The van der Waals surface area contributed by atoms with Gasteiger partial charge in [0, 0.05) is 6.20 Å². The molecule has 1 amide bonds. The molecule has 0 saturated heterocycles. The Labute approximate surface area is 150 Å². The molecule has 8 nitrogen and oxygen atoms in total. The SMILES string of the molecule is CCOC(=O)c1c(NC(=O)OC(C)(C)C)oc2cc(/C=C/CO)cnc12. The van der Waals surface area contributed by atoms with E-state index in [0.29, 0.717) is 11.1 Å². The number of esters is 1. The summed E-state index contributed by atoms with van der Waals surface area (Å²) in [5.74, 6) is -0.757. The molecular weight excluding hydrogens is 340 g/mol. The maximum Gasteiger partial charge on any atom is 0.414 e. The van der Waals surface area contributed by atoms with Gasteiger partial charge in [0.15, 0.2) is 5.58 Å². The number of furan rings is 1. The zero-order valence-electron chi connectivity index (χ0n) is 15.2. The van der Waals surface area contributed by atoms with Crippen LogP contribution in [0.3, 0.4) is 0 Å². The summed E-state index contributed by atoms with van der Waals surface area (Å²) in [5, 5.41) is 11.3. The molecule has 2 heterocycles. The van der Waals surface area contributed by atoms with Gasteiger partial charge in [0.2, 0.25) is 5.88 Å². The molecule has 2 N–H and O–H groups in total. The lowest BCUT2D eigenvalue weighted by molar-refractivity contribution is 0.0529. The predicted molar refractivity (Wildman–Crippen MR) is 95.9 cm³/mol. The predicted octanol–water partition coefficient (Wildman–Crippen LogP) is 3.36. The highest BCUT2D eigenvalue weighted by Gasteiger charge is 2.26. The van der Waals surface area contributed by atoms with Crippen LogP contribution in [-0.2, 0) is 9.47 Å². The highest BCUT2D eigenvalue weighted by Crippen LogP contribution is 2.30. The van der Waals surface area contributed by atoms with E-state index >= 15 is 0 Å².